The average molecular weight is 375 g/mol. The van der Waals surface area contributed by atoms with Crippen molar-refractivity contribution in [2.24, 2.45) is 0 Å². The number of amides is 2. The van der Waals surface area contributed by atoms with Gasteiger partial charge < -0.3 is 10.2 Å². The summed E-state index contributed by atoms with van der Waals surface area (Å²) in [5.41, 5.74) is 2.05. The summed E-state index contributed by atoms with van der Waals surface area (Å²) in [6.07, 6.45) is 0.637. The zero-order chi connectivity index (χ0) is 19.0. The fourth-order valence-corrected chi connectivity index (χ4v) is 4.68. The molecule has 1 aromatic heterocycles. The first-order valence-electron chi connectivity index (χ1n) is 8.67. The van der Waals surface area contributed by atoms with Gasteiger partial charge in [-0.15, -0.1) is 11.3 Å². The van der Waals surface area contributed by atoms with E-state index in [-0.39, 0.29) is 11.8 Å². The molecule has 0 fully saturated rings. The Morgan fingerprint density at radius 1 is 1.19 bits per heavy atom. The molecule has 6 heteroatoms. The molecule has 27 heavy (non-hydrogen) atoms. The second kappa shape index (κ2) is 6.86. The molecule has 2 heterocycles. The standard InChI is InChI=1S/C21H17N3O2S/c1-13(25)24-10-9-16-18(11-22)21(27-19(16)12-24)23-20(26)17-8-4-6-14-5-2-3-7-15(14)17/h2-8H,9-10,12H2,1H3,(H,23,26). The summed E-state index contributed by atoms with van der Waals surface area (Å²) in [7, 11) is 0. The number of nitrogens with one attached hydrogen (secondary N) is 1. The number of hydrogen-bond donors (Lipinski definition) is 1. The van der Waals surface area contributed by atoms with Crippen molar-refractivity contribution < 1.29 is 9.59 Å². The molecule has 2 aromatic carbocycles. The highest BCUT2D eigenvalue weighted by Crippen LogP contribution is 2.37. The van der Waals surface area contributed by atoms with Crippen LogP contribution in [0.4, 0.5) is 5.00 Å². The van der Waals surface area contributed by atoms with Gasteiger partial charge in [-0.05, 0) is 28.8 Å². The van der Waals surface area contributed by atoms with Crippen molar-refractivity contribution >= 4 is 38.9 Å². The molecule has 0 saturated carbocycles. The van der Waals surface area contributed by atoms with Gasteiger partial charge in [-0.3, -0.25) is 9.59 Å². The molecule has 3 aromatic rings. The van der Waals surface area contributed by atoms with Crippen molar-refractivity contribution in [3.63, 3.8) is 0 Å². The summed E-state index contributed by atoms with van der Waals surface area (Å²) in [5, 5.41) is 15.0. The van der Waals surface area contributed by atoms with Gasteiger partial charge in [0, 0.05) is 23.9 Å². The normalized spacial score (nSPS) is 13.1. The maximum Gasteiger partial charge on any atom is 0.256 e. The molecule has 0 aliphatic carbocycles. The number of thiophene rings is 1. The lowest BCUT2D eigenvalue weighted by Crippen LogP contribution is -2.33. The van der Waals surface area contributed by atoms with E-state index in [4.69, 9.17) is 0 Å². The van der Waals surface area contributed by atoms with Crippen LogP contribution in [0.3, 0.4) is 0 Å². The van der Waals surface area contributed by atoms with E-state index in [2.05, 4.69) is 11.4 Å². The van der Waals surface area contributed by atoms with Crippen LogP contribution in [0.15, 0.2) is 42.5 Å². The van der Waals surface area contributed by atoms with Crippen molar-refractivity contribution in [3.8, 4) is 6.07 Å². The minimum absolute atomic E-state index is 0.0221. The molecule has 5 nitrogen and oxygen atoms in total. The van der Waals surface area contributed by atoms with Crippen LogP contribution in [0.5, 0.6) is 0 Å². The fraction of sp³-hybridized carbons (Fsp3) is 0.190. The Morgan fingerprint density at radius 2 is 1.96 bits per heavy atom. The maximum atomic E-state index is 12.9. The molecular formula is C21H17N3O2S. The van der Waals surface area contributed by atoms with Crippen molar-refractivity contribution in [2.45, 2.75) is 19.9 Å². The first-order chi connectivity index (χ1) is 13.1. The summed E-state index contributed by atoms with van der Waals surface area (Å²) >= 11 is 1.39. The summed E-state index contributed by atoms with van der Waals surface area (Å²) in [6, 6.07) is 15.6. The number of hydrogen-bond acceptors (Lipinski definition) is 4. The van der Waals surface area contributed by atoms with Gasteiger partial charge in [0.2, 0.25) is 5.91 Å². The molecular weight excluding hydrogens is 358 g/mol. The summed E-state index contributed by atoms with van der Waals surface area (Å²) < 4.78 is 0. The van der Waals surface area contributed by atoms with Crippen LogP contribution >= 0.6 is 11.3 Å². The van der Waals surface area contributed by atoms with E-state index in [1.807, 2.05) is 36.4 Å². The van der Waals surface area contributed by atoms with Gasteiger partial charge >= 0.3 is 0 Å². The molecule has 134 valence electrons. The highest BCUT2D eigenvalue weighted by Gasteiger charge is 2.26. The van der Waals surface area contributed by atoms with Gasteiger partial charge in [-0.2, -0.15) is 5.26 Å². The summed E-state index contributed by atoms with van der Waals surface area (Å²) in [5.74, 6) is -0.209. The van der Waals surface area contributed by atoms with E-state index in [9.17, 15) is 14.9 Å². The van der Waals surface area contributed by atoms with Crippen LogP contribution in [0.25, 0.3) is 10.8 Å². The molecule has 0 bridgehead atoms. The molecule has 1 aliphatic rings. The second-order valence-corrected chi connectivity index (χ2v) is 7.60. The first kappa shape index (κ1) is 17.3. The Labute approximate surface area is 160 Å². The van der Waals surface area contributed by atoms with E-state index < -0.39 is 0 Å². The van der Waals surface area contributed by atoms with E-state index in [1.54, 1.807) is 17.9 Å². The van der Waals surface area contributed by atoms with Crippen molar-refractivity contribution in [1.82, 2.24) is 4.90 Å². The Balaban J connectivity index is 1.68. The second-order valence-electron chi connectivity index (χ2n) is 6.49. The number of nitriles is 1. The van der Waals surface area contributed by atoms with Gasteiger partial charge in [-0.25, -0.2) is 0 Å². The lowest BCUT2D eigenvalue weighted by atomic mass is 10.0. The third kappa shape index (κ3) is 3.07. The van der Waals surface area contributed by atoms with Crippen LogP contribution in [0.2, 0.25) is 0 Å². The molecule has 2 amide bonds. The third-order valence-corrected chi connectivity index (χ3v) is 6.01. The molecule has 1 N–H and O–H groups in total. The predicted octanol–water partition coefficient (Wildman–Crippen LogP) is 3.93. The van der Waals surface area contributed by atoms with Crippen LogP contribution in [-0.2, 0) is 17.8 Å². The Hall–Kier alpha value is -3.17. The highest BCUT2D eigenvalue weighted by atomic mass is 32.1. The average Bonchev–Trinajstić information content (AvgIpc) is 3.03. The Morgan fingerprint density at radius 3 is 2.74 bits per heavy atom. The lowest BCUT2D eigenvalue weighted by molar-refractivity contribution is -0.129. The van der Waals surface area contributed by atoms with Gasteiger partial charge in [0.1, 0.15) is 11.1 Å². The zero-order valence-corrected chi connectivity index (χ0v) is 15.6. The van der Waals surface area contributed by atoms with Crippen LogP contribution < -0.4 is 5.32 Å². The van der Waals surface area contributed by atoms with Crippen molar-refractivity contribution in [2.75, 3.05) is 11.9 Å². The van der Waals surface area contributed by atoms with E-state index in [1.165, 1.54) is 11.3 Å². The van der Waals surface area contributed by atoms with E-state index in [0.717, 1.165) is 21.2 Å². The quantitative estimate of drug-likeness (QED) is 0.737. The molecule has 4 rings (SSSR count). The number of fused-ring (bicyclic) bond motifs is 2. The Bertz CT molecular complexity index is 1110. The monoisotopic (exact) mass is 375 g/mol. The van der Waals surface area contributed by atoms with Gasteiger partial charge in [-0.1, -0.05) is 36.4 Å². The predicted molar refractivity (Wildman–Crippen MR) is 106 cm³/mol. The highest BCUT2D eigenvalue weighted by molar-refractivity contribution is 7.16. The topological polar surface area (TPSA) is 73.2 Å². The van der Waals surface area contributed by atoms with Crippen molar-refractivity contribution in [3.05, 3.63) is 64.0 Å². The molecule has 0 saturated heterocycles. The number of anilines is 1. The van der Waals surface area contributed by atoms with Crippen LogP contribution in [0, 0.1) is 11.3 Å². The van der Waals surface area contributed by atoms with Gasteiger partial charge in [0.05, 0.1) is 12.1 Å². The maximum absolute atomic E-state index is 12.9. The minimum atomic E-state index is -0.231. The number of carbonyl (C=O) groups excluding carboxylic acids is 2. The van der Waals surface area contributed by atoms with Gasteiger partial charge in [0.15, 0.2) is 0 Å². The van der Waals surface area contributed by atoms with E-state index >= 15 is 0 Å². The molecule has 0 radical (unpaired) electrons. The molecule has 0 spiro atoms. The fourth-order valence-electron chi connectivity index (χ4n) is 3.47. The largest absolute Gasteiger partial charge is 0.337 e. The molecule has 0 atom stereocenters. The van der Waals surface area contributed by atoms with Gasteiger partial charge in [0.25, 0.3) is 5.91 Å². The lowest BCUT2D eigenvalue weighted by Gasteiger charge is -2.25. The van der Waals surface area contributed by atoms with Crippen LogP contribution in [-0.4, -0.2) is 23.3 Å². The van der Waals surface area contributed by atoms with Crippen LogP contribution in [0.1, 0.15) is 33.3 Å². The van der Waals surface area contributed by atoms with E-state index in [0.29, 0.717) is 35.6 Å². The summed E-state index contributed by atoms with van der Waals surface area (Å²) in [4.78, 5) is 27.3. The number of carbonyl (C=O) groups is 2. The minimum Gasteiger partial charge on any atom is -0.337 e. The number of benzene rings is 2. The molecule has 0 unspecified atom stereocenters. The van der Waals surface area contributed by atoms with Crippen molar-refractivity contribution in [1.29, 1.82) is 5.26 Å². The zero-order valence-electron chi connectivity index (χ0n) is 14.8. The smallest absolute Gasteiger partial charge is 0.256 e. The third-order valence-electron chi connectivity index (χ3n) is 4.88. The first-order valence-corrected chi connectivity index (χ1v) is 9.49. The Kier molecular flexibility index (Phi) is 4.38. The SMILES string of the molecule is CC(=O)N1CCc2c(sc(NC(=O)c3cccc4ccccc34)c2C#N)C1. The molecule has 1 aliphatic heterocycles. The summed E-state index contributed by atoms with van der Waals surface area (Å²) in [6.45, 7) is 2.64. The number of rotatable bonds is 2. The number of nitrogens with zero attached hydrogens (tertiary/aromatic N) is 2.